The second kappa shape index (κ2) is 8.56. The summed E-state index contributed by atoms with van der Waals surface area (Å²) < 4.78 is 17.9. The molecule has 2 heterocycles. The lowest BCUT2D eigenvalue weighted by Crippen LogP contribution is -2.34. The SMILES string of the molecule is COC(=O)c1c(C)[nH]c(C(=O)CN2CCCN(c3ccc(F)cc3)CC2)c1C. The molecule has 1 N–H and O–H groups in total. The van der Waals surface area contributed by atoms with E-state index in [2.05, 4.69) is 14.8 Å². The molecule has 0 bridgehead atoms. The summed E-state index contributed by atoms with van der Waals surface area (Å²) in [5, 5.41) is 0. The molecule has 6 nitrogen and oxygen atoms in total. The first-order chi connectivity index (χ1) is 13.4. The Morgan fingerprint density at radius 3 is 2.50 bits per heavy atom. The minimum atomic E-state index is -0.435. The number of esters is 1. The summed E-state index contributed by atoms with van der Waals surface area (Å²) in [4.78, 5) is 32.1. The van der Waals surface area contributed by atoms with Crippen molar-refractivity contribution in [3.8, 4) is 0 Å². The second-order valence-electron chi connectivity index (χ2n) is 7.13. The molecule has 28 heavy (non-hydrogen) atoms. The van der Waals surface area contributed by atoms with Gasteiger partial charge in [-0.2, -0.15) is 0 Å². The van der Waals surface area contributed by atoms with E-state index in [0.29, 0.717) is 29.1 Å². The van der Waals surface area contributed by atoms with Crippen LogP contribution >= 0.6 is 0 Å². The molecule has 1 saturated heterocycles. The molecule has 0 unspecified atom stereocenters. The van der Waals surface area contributed by atoms with Crippen LogP contribution in [0.2, 0.25) is 0 Å². The van der Waals surface area contributed by atoms with Gasteiger partial charge in [-0.25, -0.2) is 9.18 Å². The molecular formula is C21H26FN3O3. The van der Waals surface area contributed by atoms with E-state index in [1.54, 1.807) is 26.0 Å². The molecule has 1 fully saturated rings. The predicted molar refractivity (Wildman–Crippen MR) is 106 cm³/mol. The number of hydrogen-bond donors (Lipinski definition) is 1. The monoisotopic (exact) mass is 387 g/mol. The summed E-state index contributed by atoms with van der Waals surface area (Å²) >= 11 is 0. The fourth-order valence-corrected chi connectivity index (χ4v) is 3.76. The molecule has 1 aromatic heterocycles. The quantitative estimate of drug-likeness (QED) is 0.631. The molecule has 3 rings (SSSR count). The van der Waals surface area contributed by atoms with Gasteiger partial charge in [0.2, 0.25) is 0 Å². The molecule has 1 aromatic carbocycles. The van der Waals surface area contributed by atoms with Crippen LogP contribution in [0.4, 0.5) is 10.1 Å². The Balaban J connectivity index is 1.65. The normalized spacial score (nSPS) is 15.4. The summed E-state index contributed by atoms with van der Waals surface area (Å²) in [6, 6.07) is 6.51. The molecule has 1 aliphatic heterocycles. The number of aromatic amines is 1. The van der Waals surface area contributed by atoms with Crippen molar-refractivity contribution >= 4 is 17.4 Å². The molecule has 0 amide bonds. The van der Waals surface area contributed by atoms with E-state index in [1.807, 2.05) is 0 Å². The first-order valence-corrected chi connectivity index (χ1v) is 9.44. The van der Waals surface area contributed by atoms with Gasteiger partial charge in [0, 0.05) is 37.6 Å². The topological polar surface area (TPSA) is 65.6 Å². The minimum Gasteiger partial charge on any atom is -0.465 e. The molecule has 0 spiro atoms. The van der Waals surface area contributed by atoms with Crippen LogP contribution in [-0.4, -0.2) is 61.5 Å². The third-order valence-electron chi connectivity index (χ3n) is 5.25. The van der Waals surface area contributed by atoms with E-state index in [0.717, 1.165) is 38.3 Å². The third kappa shape index (κ3) is 4.25. The van der Waals surface area contributed by atoms with Crippen LogP contribution < -0.4 is 4.90 Å². The van der Waals surface area contributed by atoms with Crippen LogP contribution in [0.5, 0.6) is 0 Å². The number of hydrogen-bond acceptors (Lipinski definition) is 5. The van der Waals surface area contributed by atoms with Crippen molar-refractivity contribution in [2.45, 2.75) is 20.3 Å². The molecule has 0 atom stereocenters. The van der Waals surface area contributed by atoms with Crippen molar-refractivity contribution in [1.29, 1.82) is 0 Å². The molecular weight excluding hydrogens is 361 g/mol. The highest BCUT2D eigenvalue weighted by Gasteiger charge is 2.24. The highest BCUT2D eigenvalue weighted by atomic mass is 19.1. The fourth-order valence-electron chi connectivity index (χ4n) is 3.76. The average Bonchev–Trinajstić information content (AvgIpc) is 2.84. The van der Waals surface area contributed by atoms with Crippen LogP contribution in [0.15, 0.2) is 24.3 Å². The molecule has 2 aromatic rings. The zero-order valence-corrected chi connectivity index (χ0v) is 16.5. The van der Waals surface area contributed by atoms with Gasteiger partial charge in [0.05, 0.1) is 24.9 Å². The number of benzene rings is 1. The maximum Gasteiger partial charge on any atom is 0.339 e. The Hall–Kier alpha value is -2.67. The number of methoxy groups -OCH3 is 1. The van der Waals surface area contributed by atoms with E-state index in [9.17, 15) is 14.0 Å². The standard InChI is InChI=1S/C21H26FN3O3/c1-14-19(21(27)28-3)15(2)23-20(14)18(26)13-24-9-4-10-25(12-11-24)17-7-5-16(22)6-8-17/h5-8,23H,4,9-13H2,1-3H3. The highest BCUT2D eigenvalue weighted by molar-refractivity contribution is 6.02. The van der Waals surface area contributed by atoms with Crippen molar-refractivity contribution in [3.63, 3.8) is 0 Å². The number of ether oxygens (including phenoxy) is 1. The number of aryl methyl sites for hydroxylation is 1. The smallest absolute Gasteiger partial charge is 0.339 e. The van der Waals surface area contributed by atoms with Gasteiger partial charge in [-0.1, -0.05) is 0 Å². The van der Waals surface area contributed by atoms with E-state index in [1.165, 1.54) is 19.2 Å². The minimum absolute atomic E-state index is 0.0361. The lowest BCUT2D eigenvalue weighted by Gasteiger charge is -2.23. The van der Waals surface area contributed by atoms with E-state index in [4.69, 9.17) is 4.74 Å². The maximum absolute atomic E-state index is 13.1. The number of Topliss-reactive ketones (excluding diaryl/α,β-unsaturated/α-hetero) is 1. The molecule has 7 heteroatoms. The number of nitrogens with one attached hydrogen (secondary N) is 1. The van der Waals surface area contributed by atoms with Gasteiger partial charge in [0.1, 0.15) is 5.82 Å². The van der Waals surface area contributed by atoms with Crippen molar-refractivity contribution in [3.05, 3.63) is 52.6 Å². The summed E-state index contributed by atoms with van der Waals surface area (Å²) in [5.41, 5.74) is 3.18. The van der Waals surface area contributed by atoms with Gasteiger partial charge in [0.25, 0.3) is 0 Å². The van der Waals surface area contributed by atoms with Crippen LogP contribution in [0.25, 0.3) is 0 Å². The predicted octanol–water partition coefficient (Wildman–Crippen LogP) is 2.95. The third-order valence-corrected chi connectivity index (χ3v) is 5.25. The molecule has 0 saturated carbocycles. The van der Waals surface area contributed by atoms with E-state index < -0.39 is 5.97 Å². The highest BCUT2D eigenvalue weighted by Crippen LogP contribution is 2.21. The summed E-state index contributed by atoms with van der Waals surface area (Å²) in [5.74, 6) is -0.713. The second-order valence-corrected chi connectivity index (χ2v) is 7.13. The Bertz CT molecular complexity index is 861. The Labute approximate surface area is 164 Å². The largest absolute Gasteiger partial charge is 0.465 e. The first kappa shape index (κ1) is 20.1. The number of halogens is 1. The van der Waals surface area contributed by atoms with Gasteiger partial charge in [-0.3, -0.25) is 9.69 Å². The van der Waals surface area contributed by atoms with Gasteiger partial charge in [-0.05, 0) is 50.1 Å². The number of carbonyl (C=O) groups excluding carboxylic acids is 2. The Morgan fingerprint density at radius 2 is 1.82 bits per heavy atom. The summed E-state index contributed by atoms with van der Waals surface area (Å²) in [7, 11) is 1.33. The number of rotatable bonds is 5. The number of carbonyl (C=O) groups is 2. The van der Waals surface area contributed by atoms with Gasteiger partial charge < -0.3 is 14.6 Å². The fraction of sp³-hybridized carbons (Fsp3) is 0.429. The van der Waals surface area contributed by atoms with E-state index in [-0.39, 0.29) is 11.6 Å². The van der Waals surface area contributed by atoms with Gasteiger partial charge >= 0.3 is 5.97 Å². The molecule has 150 valence electrons. The van der Waals surface area contributed by atoms with Gasteiger partial charge in [-0.15, -0.1) is 0 Å². The Kier molecular flexibility index (Phi) is 6.14. The summed E-state index contributed by atoms with van der Waals surface area (Å²) in [6.07, 6.45) is 0.917. The van der Waals surface area contributed by atoms with Gasteiger partial charge in [0.15, 0.2) is 5.78 Å². The lowest BCUT2D eigenvalue weighted by atomic mass is 10.1. The van der Waals surface area contributed by atoms with Crippen molar-refractivity contribution in [2.24, 2.45) is 0 Å². The van der Waals surface area contributed by atoms with Crippen molar-refractivity contribution in [1.82, 2.24) is 9.88 Å². The number of anilines is 1. The molecule has 0 aliphatic carbocycles. The zero-order valence-electron chi connectivity index (χ0n) is 16.5. The van der Waals surface area contributed by atoms with Crippen LogP contribution in [0.1, 0.15) is 38.5 Å². The van der Waals surface area contributed by atoms with Crippen molar-refractivity contribution in [2.75, 3.05) is 44.7 Å². The van der Waals surface area contributed by atoms with Crippen molar-refractivity contribution < 1.29 is 18.7 Å². The Morgan fingerprint density at radius 1 is 1.11 bits per heavy atom. The maximum atomic E-state index is 13.1. The average molecular weight is 387 g/mol. The first-order valence-electron chi connectivity index (χ1n) is 9.44. The molecule has 1 aliphatic rings. The number of aromatic nitrogens is 1. The zero-order chi connectivity index (χ0) is 20.3. The van der Waals surface area contributed by atoms with Crippen LogP contribution in [0, 0.1) is 19.7 Å². The number of ketones is 1. The van der Waals surface area contributed by atoms with Crippen LogP contribution in [0.3, 0.4) is 0 Å². The van der Waals surface area contributed by atoms with E-state index >= 15 is 0 Å². The number of nitrogens with zero attached hydrogens (tertiary/aromatic N) is 2. The van der Waals surface area contributed by atoms with Crippen LogP contribution in [-0.2, 0) is 4.74 Å². The number of H-pyrrole nitrogens is 1. The summed E-state index contributed by atoms with van der Waals surface area (Å²) in [6.45, 7) is 7.01. The lowest BCUT2D eigenvalue weighted by molar-refractivity contribution is 0.0599. The molecule has 0 radical (unpaired) electrons.